The Balaban J connectivity index is 0.00000208. The molecule has 6 heteroatoms. The summed E-state index contributed by atoms with van der Waals surface area (Å²) in [5.41, 5.74) is 1.06. The van der Waals surface area contributed by atoms with E-state index in [1.54, 1.807) is 12.1 Å². The number of piperazine rings is 1. The Bertz CT molecular complexity index is 555. The van der Waals surface area contributed by atoms with Crippen LogP contribution >= 0.6 is 12.4 Å². The second-order valence-electron chi connectivity index (χ2n) is 6.70. The summed E-state index contributed by atoms with van der Waals surface area (Å²) < 4.78 is 14.3. The smallest absolute Gasteiger partial charge is 0.159 e. The van der Waals surface area contributed by atoms with Crippen molar-refractivity contribution < 1.29 is 9.18 Å². The van der Waals surface area contributed by atoms with Crippen molar-refractivity contribution in [1.82, 2.24) is 10.2 Å². The molecule has 134 valence electrons. The van der Waals surface area contributed by atoms with Crippen LogP contribution in [-0.4, -0.2) is 56.5 Å². The molecule has 0 aromatic heterocycles. The zero-order chi connectivity index (χ0) is 16.2. The zero-order valence-corrected chi connectivity index (χ0v) is 15.1. The van der Waals surface area contributed by atoms with Gasteiger partial charge in [-0.3, -0.25) is 9.69 Å². The molecule has 2 aliphatic heterocycles. The first-order valence-corrected chi connectivity index (χ1v) is 8.62. The number of nitrogens with zero attached hydrogens (tertiary/aromatic N) is 2. The van der Waals surface area contributed by atoms with Gasteiger partial charge in [0.25, 0.3) is 0 Å². The first-order valence-electron chi connectivity index (χ1n) is 8.62. The molecule has 0 amide bonds. The van der Waals surface area contributed by atoms with Gasteiger partial charge in [-0.1, -0.05) is 0 Å². The molecule has 0 atom stereocenters. The van der Waals surface area contributed by atoms with E-state index in [9.17, 15) is 9.18 Å². The number of ketones is 1. The van der Waals surface area contributed by atoms with E-state index in [-0.39, 0.29) is 24.0 Å². The van der Waals surface area contributed by atoms with Crippen molar-refractivity contribution in [3.05, 3.63) is 29.6 Å². The number of piperidine rings is 1. The quantitative estimate of drug-likeness (QED) is 0.842. The summed E-state index contributed by atoms with van der Waals surface area (Å²) in [5, 5.41) is 3.41. The molecule has 2 saturated heterocycles. The van der Waals surface area contributed by atoms with Crippen molar-refractivity contribution in [3.8, 4) is 0 Å². The van der Waals surface area contributed by atoms with Crippen molar-refractivity contribution >= 4 is 23.9 Å². The van der Waals surface area contributed by atoms with Gasteiger partial charge in [-0.05, 0) is 57.0 Å². The minimum Gasteiger partial charge on any atom is -0.367 e. The fraction of sp³-hybridized carbons (Fsp3) is 0.611. The number of Topliss-reactive ketones (excluding diaryl/α,β-unsaturated/α-hetero) is 1. The van der Waals surface area contributed by atoms with Gasteiger partial charge in [0.05, 0.1) is 5.69 Å². The van der Waals surface area contributed by atoms with Gasteiger partial charge in [-0.2, -0.15) is 0 Å². The van der Waals surface area contributed by atoms with Crippen LogP contribution in [0.3, 0.4) is 0 Å². The minimum atomic E-state index is -0.287. The van der Waals surface area contributed by atoms with E-state index in [0.29, 0.717) is 11.3 Å². The lowest BCUT2D eigenvalue weighted by molar-refractivity contribution is 0.101. The average Bonchev–Trinajstić information content (AvgIpc) is 2.56. The van der Waals surface area contributed by atoms with Crippen LogP contribution in [0.4, 0.5) is 10.1 Å². The first kappa shape index (κ1) is 19.2. The van der Waals surface area contributed by atoms with Crippen LogP contribution in [0.1, 0.15) is 30.1 Å². The number of anilines is 1. The van der Waals surface area contributed by atoms with Crippen LogP contribution in [0.25, 0.3) is 0 Å². The van der Waals surface area contributed by atoms with E-state index in [4.69, 9.17) is 0 Å². The summed E-state index contributed by atoms with van der Waals surface area (Å²) >= 11 is 0. The third-order valence-corrected chi connectivity index (χ3v) is 5.04. The molecule has 2 fully saturated rings. The van der Waals surface area contributed by atoms with Crippen LogP contribution in [0.15, 0.2) is 18.2 Å². The maximum atomic E-state index is 14.3. The highest BCUT2D eigenvalue weighted by Crippen LogP contribution is 2.23. The van der Waals surface area contributed by atoms with E-state index in [1.807, 2.05) is 0 Å². The molecule has 24 heavy (non-hydrogen) atoms. The van der Waals surface area contributed by atoms with E-state index in [1.165, 1.54) is 32.4 Å². The largest absolute Gasteiger partial charge is 0.367 e. The molecule has 2 aliphatic rings. The lowest BCUT2D eigenvalue weighted by atomic mass is 9.97. The van der Waals surface area contributed by atoms with E-state index < -0.39 is 0 Å². The number of carbonyl (C=O) groups is 1. The van der Waals surface area contributed by atoms with E-state index in [0.717, 1.165) is 45.2 Å². The molecule has 1 aromatic rings. The lowest BCUT2D eigenvalue weighted by Crippen LogP contribution is -2.48. The molecule has 0 bridgehead atoms. The number of hydrogen-bond acceptors (Lipinski definition) is 4. The number of hydrogen-bond donors (Lipinski definition) is 1. The van der Waals surface area contributed by atoms with Gasteiger partial charge in [0, 0.05) is 38.3 Å². The molecule has 4 nitrogen and oxygen atoms in total. The Kier molecular flexibility index (Phi) is 7.02. The standard InChI is InChI=1S/C18H26FN3O.ClH/c1-14(23)16-2-3-18(17(19)12-16)22-10-8-21(9-11-22)13-15-4-6-20-7-5-15;/h2-3,12,15,20H,4-11,13H2,1H3;1H. The Morgan fingerprint density at radius 3 is 2.46 bits per heavy atom. The molecule has 0 aliphatic carbocycles. The van der Waals surface area contributed by atoms with Crippen molar-refractivity contribution in [1.29, 1.82) is 0 Å². The highest BCUT2D eigenvalue weighted by Gasteiger charge is 2.23. The maximum absolute atomic E-state index is 14.3. The maximum Gasteiger partial charge on any atom is 0.159 e. The van der Waals surface area contributed by atoms with Gasteiger partial charge >= 0.3 is 0 Å². The van der Waals surface area contributed by atoms with Gasteiger partial charge in [0.2, 0.25) is 0 Å². The molecule has 1 aromatic carbocycles. The fourth-order valence-electron chi connectivity index (χ4n) is 3.58. The second-order valence-corrected chi connectivity index (χ2v) is 6.70. The normalized spacial score (nSPS) is 19.8. The third-order valence-electron chi connectivity index (χ3n) is 5.04. The Morgan fingerprint density at radius 1 is 1.21 bits per heavy atom. The first-order chi connectivity index (χ1) is 11.1. The van der Waals surface area contributed by atoms with Gasteiger partial charge in [0.1, 0.15) is 5.82 Å². The molecule has 2 heterocycles. The summed E-state index contributed by atoms with van der Waals surface area (Å²) in [6.07, 6.45) is 2.53. The number of nitrogens with one attached hydrogen (secondary N) is 1. The molecule has 1 N–H and O–H groups in total. The molecule has 0 radical (unpaired) electrons. The molecule has 3 rings (SSSR count). The lowest BCUT2D eigenvalue weighted by Gasteiger charge is -2.38. The van der Waals surface area contributed by atoms with Gasteiger partial charge in [-0.25, -0.2) is 4.39 Å². The Hall–Kier alpha value is -1.17. The number of rotatable bonds is 4. The average molecular weight is 356 g/mol. The summed E-state index contributed by atoms with van der Waals surface area (Å²) in [5.74, 6) is 0.418. The number of carbonyl (C=O) groups excluding carboxylic acids is 1. The predicted molar refractivity (Wildman–Crippen MR) is 97.9 cm³/mol. The predicted octanol–water partition coefficient (Wildman–Crippen LogP) is 2.57. The summed E-state index contributed by atoms with van der Waals surface area (Å²) in [7, 11) is 0. The summed E-state index contributed by atoms with van der Waals surface area (Å²) in [6.45, 7) is 8.57. The SMILES string of the molecule is CC(=O)c1ccc(N2CCN(CC3CCNCC3)CC2)c(F)c1.Cl. The fourth-order valence-corrected chi connectivity index (χ4v) is 3.58. The van der Waals surface area contributed by atoms with E-state index in [2.05, 4.69) is 15.1 Å². The summed E-state index contributed by atoms with van der Waals surface area (Å²) in [4.78, 5) is 15.9. The van der Waals surface area contributed by atoms with Crippen molar-refractivity contribution in [2.75, 3.05) is 50.7 Å². The molecule has 0 unspecified atom stereocenters. The Morgan fingerprint density at radius 2 is 1.88 bits per heavy atom. The van der Waals surface area contributed by atoms with Crippen LogP contribution in [-0.2, 0) is 0 Å². The second kappa shape index (κ2) is 8.79. The van der Waals surface area contributed by atoms with Crippen LogP contribution < -0.4 is 10.2 Å². The van der Waals surface area contributed by atoms with Crippen molar-refractivity contribution in [2.24, 2.45) is 5.92 Å². The number of halogens is 2. The van der Waals surface area contributed by atoms with Gasteiger partial charge in [-0.15, -0.1) is 12.4 Å². The zero-order valence-electron chi connectivity index (χ0n) is 14.3. The highest BCUT2D eigenvalue weighted by atomic mass is 35.5. The minimum absolute atomic E-state index is 0. The van der Waals surface area contributed by atoms with E-state index >= 15 is 0 Å². The summed E-state index contributed by atoms with van der Waals surface area (Å²) in [6, 6.07) is 4.83. The highest BCUT2D eigenvalue weighted by molar-refractivity contribution is 5.94. The van der Waals surface area contributed by atoms with Crippen LogP contribution in [0.2, 0.25) is 0 Å². The van der Waals surface area contributed by atoms with Gasteiger partial charge < -0.3 is 10.2 Å². The Labute approximate surface area is 149 Å². The topological polar surface area (TPSA) is 35.6 Å². The van der Waals surface area contributed by atoms with Crippen molar-refractivity contribution in [3.63, 3.8) is 0 Å². The third kappa shape index (κ3) is 4.68. The number of benzene rings is 1. The molecular formula is C18H27ClFN3O. The van der Waals surface area contributed by atoms with Gasteiger partial charge in [0.15, 0.2) is 5.78 Å². The molecular weight excluding hydrogens is 329 g/mol. The van der Waals surface area contributed by atoms with Crippen molar-refractivity contribution in [2.45, 2.75) is 19.8 Å². The molecule has 0 saturated carbocycles. The van der Waals surface area contributed by atoms with Crippen LogP contribution in [0.5, 0.6) is 0 Å². The molecule has 0 spiro atoms. The van der Waals surface area contributed by atoms with Crippen LogP contribution in [0, 0.1) is 11.7 Å². The monoisotopic (exact) mass is 355 g/mol.